The van der Waals surface area contributed by atoms with Gasteiger partial charge in [-0.05, 0) is 24.3 Å². The molecule has 5 nitrogen and oxygen atoms in total. The molecule has 0 aliphatic carbocycles. The van der Waals surface area contributed by atoms with Crippen molar-refractivity contribution in [1.82, 2.24) is 9.97 Å². The third-order valence-corrected chi connectivity index (χ3v) is 2.29. The summed E-state index contributed by atoms with van der Waals surface area (Å²) in [6, 6.07) is 4.45. The standard InChI is InChI=1S/C12H8F3N3O2/c13-12(14,15)20-8-3-1-7(2-4-8)10(19)9-11(16)18-6-5-17-9/h1-6H,(H2,16,18). The minimum atomic E-state index is -4.78. The highest BCUT2D eigenvalue weighted by molar-refractivity contribution is 6.10. The Morgan fingerprint density at radius 2 is 1.70 bits per heavy atom. The Labute approximate surface area is 111 Å². The van der Waals surface area contributed by atoms with Crippen molar-refractivity contribution in [3.05, 3.63) is 47.9 Å². The van der Waals surface area contributed by atoms with E-state index in [4.69, 9.17) is 5.73 Å². The summed E-state index contributed by atoms with van der Waals surface area (Å²) in [4.78, 5) is 19.5. The van der Waals surface area contributed by atoms with Crippen molar-refractivity contribution < 1.29 is 22.7 Å². The topological polar surface area (TPSA) is 78.1 Å². The number of carbonyl (C=O) groups excluding carboxylic acids is 1. The van der Waals surface area contributed by atoms with Gasteiger partial charge in [0.25, 0.3) is 0 Å². The lowest BCUT2D eigenvalue weighted by molar-refractivity contribution is -0.274. The second kappa shape index (κ2) is 5.16. The third-order valence-electron chi connectivity index (χ3n) is 2.29. The van der Waals surface area contributed by atoms with E-state index in [0.29, 0.717) is 0 Å². The van der Waals surface area contributed by atoms with Crippen LogP contribution in [-0.4, -0.2) is 22.1 Å². The first kappa shape index (κ1) is 13.8. The van der Waals surface area contributed by atoms with E-state index < -0.39 is 17.9 Å². The molecule has 20 heavy (non-hydrogen) atoms. The molecule has 0 bridgehead atoms. The van der Waals surface area contributed by atoms with Crippen LogP contribution < -0.4 is 10.5 Å². The SMILES string of the molecule is Nc1nccnc1C(=O)c1ccc(OC(F)(F)F)cc1. The zero-order valence-corrected chi connectivity index (χ0v) is 9.89. The molecule has 1 heterocycles. The van der Waals surface area contributed by atoms with Crippen LogP contribution in [0, 0.1) is 0 Å². The number of aromatic nitrogens is 2. The second-order valence-corrected chi connectivity index (χ2v) is 3.69. The van der Waals surface area contributed by atoms with Crippen molar-refractivity contribution in [2.75, 3.05) is 5.73 Å². The lowest BCUT2D eigenvalue weighted by atomic mass is 10.1. The first-order valence-corrected chi connectivity index (χ1v) is 5.34. The number of nitrogen functional groups attached to an aromatic ring is 1. The van der Waals surface area contributed by atoms with Crippen molar-refractivity contribution in [2.45, 2.75) is 6.36 Å². The van der Waals surface area contributed by atoms with Crippen LogP contribution in [0.15, 0.2) is 36.7 Å². The smallest absolute Gasteiger partial charge is 0.406 e. The molecule has 1 aromatic carbocycles. The lowest BCUT2D eigenvalue weighted by Crippen LogP contribution is -2.17. The number of carbonyl (C=O) groups is 1. The van der Waals surface area contributed by atoms with E-state index in [-0.39, 0.29) is 17.1 Å². The van der Waals surface area contributed by atoms with Crippen molar-refractivity contribution in [1.29, 1.82) is 0 Å². The van der Waals surface area contributed by atoms with Crippen LogP contribution in [0.1, 0.15) is 16.1 Å². The summed E-state index contributed by atoms with van der Waals surface area (Å²) in [7, 11) is 0. The number of rotatable bonds is 3. The first-order valence-electron chi connectivity index (χ1n) is 5.34. The van der Waals surface area contributed by atoms with Crippen LogP contribution in [0.3, 0.4) is 0 Å². The molecule has 0 saturated carbocycles. The number of hydrogen-bond acceptors (Lipinski definition) is 5. The van der Waals surface area contributed by atoms with E-state index in [1.165, 1.54) is 24.5 Å². The average molecular weight is 283 g/mol. The van der Waals surface area contributed by atoms with Crippen LogP contribution in [0.5, 0.6) is 5.75 Å². The number of nitrogens with zero attached hydrogens (tertiary/aromatic N) is 2. The van der Waals surface area contributed by atoms with Crippen LogP contribution >= 0.6 is 0 Å². The molecule has 2 aromatic rings. The van der Waals surface area contributed by atoms with Gasteiger partial charge >= 0.3 is 6.36 Å². The van der Waals surface area contributed by atoms with E-state index in [1.807, 2.05) is 0 Å². The molecular formula is C12H8F3N3O2. The number of alkyl halides is 3. The molecule has 0 aliphatic heterocycles. The molecule has 2 N–H and O–H groups in total. The summed E-state index contributed by atoms with van der Waals surface area (Å²) in [5.74, 6) is -0.997. The summed E-state index contributed by atoms with van der Waals surface area (Å²) in [6.45, 7) is 0. The molecule has 1 aromatic heterocycles. The summed E-state index contributed by atoms with van der Waals surface area (Å²) in [5, 5.41) is 0. The van der Waals surface area contributed by atoms with E-state index >= 15 is 0 Å². The van der Waals surface area contributed by atoms with Crippen molar-refractivity contribution in [3.8, 4) is 5.75 Å². The van der Waals surface area contributed by atoms with Gasteiger partial charge in [0.15, 0.2) is 11.5 Å². The maximum absolute atomic E-state index is 12.0. The van der Waals surface area contributed by atoms with E-state index in [2.05, 4.69) is 14.7 Å². The number of ketones is 1. The Balaban J connectivity index is 2.22. The molecule has 0 spiro atoms. The van der Waals surface area contributed by atoms with Gasteiger partial charge < -0.3 is 10.5 Å². The summed E-state index contributed by atoms with van der Waals surface area (Å²) >= 11 is 0. The zero-order chi connectivity index (χ0) is 14.8. The number of benzene rings is 1. The van der Waals surface area contributed by atoms with Crippen LogP contribution in [0.25, 0.3) is 0 Å². The number of hydrogen-bond donors (Lipinski definition) is 1. The molecule has 0 amide bonds. The normalized spacial score (nSPS) is 11.2. The molecule has 8 heteroatoms. The molecule has 104 valence electrons. The Kier molecular flexibility index (Phi) is 3.55. The van der Waals surface area contributed by atoms with Crippen molar-refractivity contribution >= 4 is 11.6 Å². The Hall–Kier alpha value is -2.64. The fraction of sp³-hybridized carbons (Fsp3) is 0.0833. The zero-order valence-electron chi connectivity index (χ0n) is 9.89. The molecule has 0 aliphatic rings. The van der Waals surface area contributed by atoms with Gasteiger partial charge in [0.2, 0.25) is 5.78 Å². The Morgan fingerprint density at radius 1 is 1.10 bits per heavy atom. The minimum absolute atomic E-state index is 0.0480. The maximum Gasteiger partial charge on any atom is 0.573 e. The Bertz CT molecular complexity index is 627. The van der Waals surface area contributed by atoms with Gasteiger partial charge in [-0.3, -0.25) is 4.79 Å². The first-order chi connectivity index (χ1) is 9.37. The summed E-state index contributed by atoms with van der Waals surface area (Å²) in [6.07, 6.45) is -2.15. The molecule has 0 radical (unpaired) electrons. The number of ether oxygens (including phenoxy) is 1. The quantitative estimate of drug-likeness (QED) is 0.873. The average Bonchev–Trinajstić information content (AvgIpc) is 2.37. The predicted octanol–water partition coefficient (Wildman–Crippen LogP) is 2.19. The Morgan fingerprint density at radius 3 is 2.25 bits per heavy atom. The fourth-order valence-corrected chi connectivity index (χ4v) is 1.47. The fourth-order valence-electron chi connectivity index (χ4n) is 1.47. The highest BCUT2D eigenvalue weighted by Crippen LogP contribution is 2.23. The maximum atomic E-state index is 12.0. The van der Waals surface area contributed by atoms with Crippen LogP contribution in [0.4, 0.5) is 19.0 Å². The highest BCUT2D eigenvalue weighted by Gasteiger charge is 2.31. The van der Waals surface area contributed by atoms with Crippen LogP contribution in [0.2, 0.25) is 0 Å². The summed E-state index contributed by atoms with van der Waals surface area (Å²) < 4.78 is 39.7. The molecular weight excluding hydrogens is 275 g/mol. The van der Waals surface area contributed by atoms with Gasteiger partial charge in [-0.25, -0.2) is 9.97 Å². The van der Waals surface area contributed by atoms with E-state index in [1.54, 1.807) is 0 Å². The van der Waals surface area contributed by atoms with Crippen LogP contribution in [-0.2, 0) is 0 Å². The van der Waals surface area contributed by atoms with Gasteiger partial charge in [-0.15, -0.1) is 13.2 Å². The van der Waals surface area contributed by atoms with Gasteiger partial charge in [0, 0.05) is 18.0 Å². The molecule has 0 atom stereocenters. The van der Waals surface area contributed by atoms with Crippen molar-refractivity contribution in [2.24, 2.45) is 0 Å². The monoisotopic (exact) mass is 283 g/mol. The molecule has 0 saturated heterocycles. The molecule has 0 unspecified atom stereocenters. The highest BCUT2D eigenvalue weighted by atomic mass is 19.4. The van der Waals surface area contributed by atoms with Crippen molar-refractivity contribution in [3.63, 3.8) is 0 Å². The number of anilines is 1. The number of halogens is 3. The number of nitrogens with two attached hydrogens (primary N) is 1. The van der Waals surface area contributed by atoms with E-state index in [0.717, 1.165) is 12.1 Å². The van der Waals surface area contributed by atoms with Gasteiger partial charge in [0.05, 0.1) is 0 Å². The van der Waals surface area contributed by atoms with Gasteiger partial charge in [-0.2, -0.15) is 0 Å². The van der Waals surface area contributed by atoms with E-state index in [9.17, 15) is 18.0 Å². The third kappa shape index (κ3) is 3.22. The molecule has 2 rings (SSSR count). The second-order valence-electron chi connectivity index (χ2n) is 3.69. The molecule has 0 fully saturated rings. The largest absolute Gasteiger partial charge is 0.573 e. The van der Waals surface area contributed by atoms with Gasteiger partial charge in [0.1, 0.15) is 5.75 Å². The predicted molar refractivity (Wildman–Crippen MR) is 63.0 cm³/mol. The lowest BCUT2D eigenvalue weighted by Gasteiger charge is -2.09. The summed E-state index contributed by atoms with van der Waals surface area (Å²) in [5.41, 5.74) is 5.58. The van der Waals surface area contributed by atoms with Gasteiger partial charge in [-0.1, -0.05) is 0 Å². The minimum Gasteiger partial charge on any atom is -0.406 e.